The number of thiophene rings is 1. The molecule has 17 heavy (non-hydrogen) atoms. The van der Waals surface area contributed by atoms with Gasteiger partial charge in [-0.1, -0.05) is 0 Å². The minimum atomic E-state index is -0.487. The molecule has 5 nitrogen and oxygen atoms in total. The number of aryl methyl sites for hydroxylation is 2. The number of carbonyl (C=O) groups is 1. The number of aromatic amines is 1. The molecule has 4 N–H and O–H groups in total. The number of nitrogens with two attached hydrogens (primary N) is 1. The lowest BCUT2D eigenvalue weighted by molar-refractivity contribution is 0.100. The van der Waals surface area contributed by atoms with Gasteiger partial charge in [-0.25, -0.2) is 0 Å². The van der Waals surface area contributed by atoms with Gasteiger partial charge in [0.2, 0.25) is 0 Å². The summed E-state index contributed by atoms with van der Waals surface area (Å²) in [5, 5.41) is 9.66. The maximum absolute atomic E-state index is 11.1. The van der Waals surface area contributed by atoms with E-state index in [4.69, 9.17) is 5.73 Å². The molecule has 0 aliphatic carbocycles. The van der Waals surface area contributed by atoms with E-state index in [2.05, 4.69) is 35.4 Å². The fraction of sp³-hybridized carbons (Fsp3) is 0.273. The highest BCUT2D eigenvalue weighted by molar-refractivity contribution is 7.12. The van der Waals surface area contributed by atoms with Crippen LogP contribution in [-0.2, 0) is 6.54 Å². The zero-order valence-electron chi connectivity index (χ0n) is 9.70. The first-order valence-electron chi connectivity index (χ1n) is 5.21. The molecule has 0 fully saturated rings. The number of hydrogen-bond donors (Lipinski definition) is 3. The van der Waals surface area contributed by atoms with E-state index in [0.29, 0.717) is 17.9 Å². The number of nitrogens with zero attached hydrogens (tertiary/aromatic N) is 1. The second kappa shape index (κ2) is 4.58. The van der Waals surface area contributed by atoms with E-state index < -0.39 is 5.91 Å². The summed E-state index contributed by atoms with van der Waals surface area (Å²) in [5.74, 6) is 0.0835. The zero-order valence-corrected chi connectivity index (χ0v) is 10.5. The summed E-state index contributed by atoms with van der Waals surface area (Å²) in [4.78, 5) is 13.6. The number of H-pyrrole nitrogens is 1. The highest BCUT2D eigenvalue weighted by atomic mass is 32.1. The molecule has 0 radical (unpaired) electrons. The highest BCUT2D eigenvalue weighted by Crippen LogP contribution is 2.21. The Morgan fingerprint density at radius 3 is 2.94 bits per heavy atom. The molecule has 0 saturated heterocycles. The second-order valence-corrected chi connectivity index (χ2v) is 5.28. The van der Waals surface area contributed by atoms with Crippen molar-refractivity contribution >= 4 is 23.1 Å². The number of primary amides is 1. The predicted octanol–water partition coefficient (Wildman–Crippen LogP) is 1.80. The zero-order chi connectivity index (χ0) is 12.4. The largest absolute Gasteiger partial charge is 0.366 e. The Morgan fingerprint density at radius 1 is 1.59 bits per heavy atom. The van der Waals surface area contributed by atoms with Gasteiger partial charge in [0.05, 0.1) is 6.20 Å². The molecule has 0 unspecified atom stereocenters. The molecule has 1 amide bonds. The molecule has 2 rings (SSSR count). The molecule has 0 aliphatic heterocycles. The van der Waals surface area contributed by atoms with Gasteiger partial charge < -0.3 is 11.1 Å². The average Bonchev–Trinajstić information content (AvgIpc) is 2.82. The first-order valence-corrected chi connectivity index (χ1v) is 6.02. The van der Waals surface area contributed by atoms with E-state index in [-0.39, 0.29) is 0 Å². The predicted molar refractivity (Wildman–Crippen MR) is 68.2 cm³/mol. The van der Waals surface area contributed by atoms with Crippen molar-refractivity contribution in [3.05, 3.63) is 33.1 Å². The van der Waals surface area contributed by atoms with Crippen LogP contribution in [0.3, 0.4) is 0 Å². The molecule has 0 atom stereocenters. The molecule has 2 heterocycles. The Bertz CT molecular complexity index is 543. The van der Waals surface area contributed by atoms with Crippen LogP contribution in [0.2, 0.25) is 0 Å². The van der Waals surface area contributed by atoms with Crippen LogP contribution in [0.25, 0.3) is 0 Å². The van der Waals surface area contributed by atoms with Crippen molar-refractivity contribution in [2.75, 3.05) is 5.32 Å². The average molecular weight is 250 g/mol. The molecule has 0 aromatic carbocycles. The number of amides is 1. The van der Waals surface area contributed by atoms with Crippen LogP contribution in [0.4, 0.5) is 5.82 Å². The smallest absolute Gasteiger partial charge is 0.254 e. The third-order valence-corrected chi connectivity index (χ3v) is 3.51. The molecule has 0 bridgehead atoms. The Balaban J connectivity index is 2.10. The van der Waals surface area contributed by atoms with Gasteiger partial charge in [-0.05, 0) is 25.5 Å². The molecule has 90 valence electrons. The molecular weight excluding hydrogens is 236 g/mol. The summed E-state index contributed by atoms with van der Waals surface area (Å²) < 4.78 is 0. The van der Waals surface area contributed by atoms with Crippen molar-refractivity contribution in [2.24, 2.45) is 5.73 Å². The van der Waals surface area contributed by atoms with Crippen molar-refractivity contribution < 1.29 is 4.79 Å². The Kier molecular flexibility index (Phi) is 3.14. The molecule has 2 aromatic rings. The van der Waals surface area contributed by atoms with Crippen LogP contribution >= 0.6 is 11.3 Å². The Hall–Kier alpha value is -1.82. The molecule has 0 spiro atoms. The van der Waals surface area contributed by atoms with E-state index >= 15 is 0 Å². The maximum atomic E-state index is 11.1. The second-order valence-electron chi connectivity index (χ2n) is 3.81. The van der Waals surface area contributed by atoms with Crippen molar-refractivity contribution in [3.8, 4) is 0 Å². The number of hydrogen-bond acceptors (Lipinski definition) is 4. The monoisotopic (exact) mass is 250 g/mol. The van der Waals surface area contributed by atoms with Gasteiger partial charge in [0.25, 0.3) is 5.91 Å². The summed E-state index contributed by atoms with van der Waals surface area (Å²) in [6, 6.07) is 2.13. The Labute approximate surface area is 103 Å². The van der Waals surface area contributed by atoms with E-state index in [1.54, 1.807) is 11.3 Å². The topological polar surface area (TPSA) is 83.8 Å². The molecule has 2 aromatic heterocycles. The summed E-state index contributed by atoms with van der Waals surface area (Å²) in [5.41, 5.74) is 6.83. The SMILES string of the molecule is Cc1cc(CNc2[nH]ncc2C(N)=O)c(C)s1. The van der Waals surface area contributed by atoms with Crippen LogP contribution in [0, 0.1) is 13.8 Å². The number of aromatic nitrogens is 2. The maximum Gasteiger partial charge on any atom is 0.254 e. The first kappa shape index (κ1) is 11.7. The minimum absolute atomic E-state index is 0.384. The number of nitrogens with one attached hydrogen (secondary N) is 2. The summed E-state index contributed by atoms with van der Waals surface area (Å²) >= 11 is 1.76. The van der Waals surface area contributed by atoms with E-state index in [1.807, 2.05) is 0 Å². The summed E-state index contributed by atoms with van der Waals surface area (Å²) in [7, 11) is 0. The number of anilines is 1. The van der Waals surface area contributed by atoms with Crippen LogP contribution in [-0.4, -0.2) is 16.1 Å². The van der Waals surface area contributed by atoms with Gasteiger partial charge in [-0.3, -0.25) is 9.89 Å². The van der Waals surface area contributed by atoms with Crippen LogP contribution < -0.4 is 11.1 Å². The summed E-state index contributed by atoms with van der Waals surface area (Å²) in [6.45, 7) is 4.81. The lowest BCUT2D eigenvalue weighted by Crippen LogP contribution is -2.13. The normalized spacial score (nSPS) is 10.5. The molecule has 6 heteroatoms. The van der Waals surface area contributed by atoms with Gasteiger partial charge in [-0.2, -0.15) is 5.10 Å². The van der Waals surface area contributed by atoms with Gasteiger partial charge in [0.15, 0.2) is 0 Å². The van der Waals surface area contributed by atoms with Gasteiger partial charge in [-0.15, -0.1) is 11.3 Å². The fourth-order valence-corrected chi connectivity index (χ4v) is 2.60. The van der Waals surface area contributed by atoms with Crippen molar-refractivity contribution in [1.82, 2.24) is 10.2 Å². The minimum Gasteiger partial charge on any atom is -0.366 e. The van der Waals surface area contributed by atoms with Crippen LogP contribution in [0.15, 0.2) is 12.3 Å². The van der Waals surface area contributed by atoms with Crippen molar-refractivity contribution in [3.63, 3.8) is 0 Å². The van der Waals surface area contributed by atoms with Crippen molar-refractivity contribution in [2.45, 2.75) is 20.4 Å². The van der Waals surface area contributed by atoms with Crippen molar-refractivity contribution in [1.29, 1.82) is 0 Å². The Morgan fingerprint density at radius 2 is 2.35 bits per heavy atom. The van der Waals surface area contributed by atoms with Gasteiger partial charge >= 0.3 is 0 Å². The highest BCUT2D eigenvalue weighted by Gasteiger charge is 2.10. The summed E-state index contributed by atoms with van der Waals surface area (Å²) in [6.07, 6.45) is 1.43. The van der Waals surface area contributed by atoms with Gasteiger partial charge in [0.1, 0.15) is 11.4 Å². The third kappa shape index (κ3) is 2.47. The van der Waals surface area contributed by atoms with E-state index in [9.17, 15) is 4.79 Å². The first-order chi connectivity index (χ1) is 8.08. The molecule has 0 aliphatic rings. The lowest BCUT2D eigenvalue weighted by Gasteiger charge is -2.04. The van der Waals surface area contributed by atoms with Crippen LogP contribution in [0.1, 0.15) is 25.7 Å². The van der Waals surface area contributed by atoms with Gasteiger partial charge in [0, 0.05) is 16.3 Å². The van der Waals surface area contributed by atoms with Crippen LogP contribution in [0.5, 0.6) is 0 Å². The standard InChI is InChI=1S/C11H14N4OS/c1-6-3-8(7(2)17-6)4-13-11-9(10(12)16)5-14-15-11/h3,5H,4H2,1-2H3,(H2,12,16)(H2,13,14,15). The number of carbonyl (C=O) groups excluding carboxylic acids is 1. The third-order valence-electron chi connectivity index (χ3n) is 2.50. The quantitative estimate of drug-likeness (QED) is 0.773. The molecular formula is C11H14N4OS. The number of rotatable bonds is 4. The van der Waals surface area contributed by atoms with E-state index in [0.717, 1.165) is 0 Å². The molecule has 0 saturated carbocycles. The lowest BCUT2D eigenvalue weighted by atomic mass is 10.2. The van der Waals surface area contributed by atoms with E-state index in [1.165, 1.54) is 21.5 Å². The fourth-order valence-electron chi connectivity index (χ4n) is 1.65.